The van der Waals surface area contributed by atoms with E-state index >= 15 is 0 Å². The maximum atomic E-state index is 14.0. The Balaban J connectivity index is 1.30. The van der Waals surface area contributed by atoms with Crippen molar-refractivity contribution in [2.75, 3.05) is 6.61 Å². The summed E-state index contributed by atoms with van der Waals surface area (Å²) < 4.78 is 13.2. The molecule has 0 aromatic rings. The smallest absolute Gasteiger partial charge is 0.171 e. The standard InChI is InChI=1S/C27H42O4/c1-15-7-10-27(30-14-15)16(2)24-22(31-27)12-21-19-6-5-17-11-18(28)8-9-25(17,3)20(19)13-23(29)26(21,24)4/h15-22,24,28H,5-14H2,1-4H3/t15-,16-,17+,18-,19+,20-,21-,22-,24-,25-,26+,27+/m0/s1. The molecule has 0 aromatic carbocycles. The molecule has 0 radical (unpaired) electrons. The number of aliphatic hydroxyl groups is 1. The van der Waals surface area contributed by atoms with Crippen molar-refractivity contribution >= 4 is 5.78 Å². The fraction of sp³-hybridized carbons (Fsp3) is 0.963. The Morgan fingerprint density at radius 1 is 1.00 bits per heavy atom. The largest absolute Gasteiger partial charge is 0.393 e. The molecule has 2 aliphatic heterocycles. The van der Waals surface area contributed by atoms with Crippen LogP contribution in [0.5, 0.6) is 0 Å². The van der Waals surface area contributed by atoms with Gasteiger partial charge in [-0.2, -0.15) is 0 Å². The molecule has 0 amide bonds. The van der Waals surface area contributed by atoms with E-state index in [0.29, 0.717) is 41.3 Å². The first-order chi connectivity index (χ1) is 14.7. The molecule has 4 heteroatoms. The van der Waals surface area contributed by atoms with E-state index in [2.05, 4.69) is 27.7 Å². The third kappa shape index (κ3) is 2.68. The minimum Gasteiger partial charge on any atom is -0.393 e. The number of rotatable bonds is 0. The second-order valence-electron chi connectivity index (χ2n) is 13.0. The molecule has 6 fully saturated rings. The molecule has 4 saturated carbocycles. The van der Waals surface area contributed by atoms with Crippen molar-refractivity contribution in [1.29, 1.82) is 0 Å². The van der Waals surface area contributed by atoms with Crippen LogP contribution >= 0.6 is 0 Å². The molecule has 2 saturated heterocycles. The van der Waals surface area contributed by atoms with Gasteiger partial charge in [0.15, 0.2) is 5.79 Å². The Morgan fingerprint density at radius 3 is 2.55 bits per heavy atom. The van der Waals surface area contributed by atoms with Gasteiger partial charge in [-0.1, -0.05) is 27.7 Å². The molecule has 0 unspecified atom stereocenters. The third-order valence-corrected chi connectivity index (χ3v) is 11.8. The molecule has 6 aliphatic rings. The van der Waals surface area contributed by atoms with Gasteiger partial charge in [-0.05, 0) is 80.0 Å². The predicted octanol–water partition coefficient (Wildman–Crippen LogP) is 4.97. The van der Waals surface area contributed by atoms with Gasteiger partial charge in [0.2, 0.25) is 0 Å². The fourth-order valence-electron chi connectivity index (χ4n) is 9.93. The Labute approximate surface area is 187 Å². The van der Waals surface area contributed by atoms with Gasteiger partial charge in [0.05, 0.1) is 18.8 Å². The zero-order chi connectivity index (χ0) is 21.8. The van der Waals surface area contributed by atoms with Crippen LogP contribution in [0, 0.1) is 52.3 Å². The highest BCUT2D eigenvalue weighted by Gasteiger charge is 2.71. The third-order valence-electron chi connectivity index (χ3n) is 11.8. The number of aliphatic hydroxyl groups excluding tert-OH is 1. The normalized spacial score (nSPS) is 60.9. The molecular weight excluding hydrogens is 388 g/mol. The van der Waals surface area contributed by atoms with Crippen LogP contribution in [0.25, 0.3) is 0 Å². The highest BCUT2D eigenvalue weighted by atomic mass is 16.7. The molecule has 12 atom stereocenters. The highest BCUT2D eigenvalue weighted by molar-refractivity contribution is 5.87. The summed E-state index contributed by atoms with van der Waals surface area (Å²) in [6.07, 6.45) is 9.39. The summed E-state index contributed by atoms with van der Waals surface area (Å²) in [5.74, 6) is 3.45. The number of hydrogen-bond donors (Lipinski definition) is 1. The number of carbonyl (C=O) groups excluding carboxylic acids is 1. The molecule has 1 N–H and O–H groups in total. The summed E-state index contributed by atoms with van der Waals surface area (Å²) in [6.45, 7) is 10.1. The summed E-state index contributed by atoms with van der Waals surface area (Å²) in [6, 6.07) is 0. The zero-order valence-electron chi connectivity index (χ0n) is 19.9. The summed E-state index contributed by atoms with van der Waals surface area (Å²) in [5.41, 5.74) is -0.0221. The van der Waals surface area contributed by atoms with Crippen LogP contribution in [-0.4, -0.2) is 35.5 Å². The molecule has 1 spiro atoms. The Kier molecular flexibility index (Phi) is 4.62. The average molecular weight is 431 g/mol. The van der Waals surface area contributed by atoms with Crippen molar-refractivity contribution in [2.24, 2.45) is 52.3 Å². The van der Waals surface area contributed by atoms with Gasteiger partial charge >= 0.3 is 0 Å². The lowest BCUT2D eigenvalue weighted by molar-refractivity contribution is -0.272. The van der Waals surface area contributed by atoms with Crippen molar-refractivity contribution in [3.63, 3.8) is 0 Å². The van der Waals surface area contributed by atoms with E-state index in [-0.39, 0.29) is 29.0 Å². The van der Waals surface area contributed by atoms with E-state index in [4.69, 9.17) is 9.47 Å². The van der Waals surface area contributed by atoms with Gasteiger partial charge in [-0.15, -0.1) is 0 Å². The molecule has 4 nitrogen and oxygen atoms in total. The lowest BCUT2D eigenvalue weighted by Gasteiger charge is -2.60. The number of ether oxygens (including phenoxy) is 2. The maximum Gasteiger partial charge on any atom is 0.171 e. The predicted molar refractivity (Wildman–Crippen MR) is 118 cm³/mol. The van der Waals surface area contributed by atoms with Gasteiger partial charge in [0.1, 0.15) is 5.78 Å². The monoisotopic (exact) mass is 430 g/mol. The molecule has 4 aliphatic carbocycles. The molecule has 0 bridgehead atoms. The highest BCUT2D eigenvalue weighted by Crippen LogP contribution is 2.70. The molecule has 174 valence electrons. The first-order valence-electron chi connectivity index (χ1n) is 13.2. The Bertz CT molecular complexity index is 756. The quantitative estimate of drug-likeness (QED) is 0.589. The van der Waals surface area contributed by atoms with Crippen LogP contribution in [0.3, 0.4) is 0 Å². The number of carbonyl (C=O) groups is 1. The first kappa shape index (κ1) is 21.1. The van der Waals surface area contributed by atoms with Crippen LogP contribution < -0.4 is 0 Å². The van der Waals surface area contributed by atoms with Crippen LogP contribution in [-0.2, 0) is 14.3 Å². The van der Waals surface area contributed by atoms with Gasteiger partial charge in [-0.25, -0.2) is 0 Å². The number of ketones is 1. The topological polar surface area (TPSA) is 55.8 Å². The van der Waals surface area contributed by atoms with Crippen molar-refractivity contribution in [2.45, 2.75) is 103 Å². The fourth-order valence-corrected chi connectivity index (χ4v) is 9.93. The SMILES string of the molecule is C[C@H]1CC[C@@]2(OC1)O[C@H]1C[C@H]3[C@@H]4CC[C@@H]5C[C@@H](O)CC[C@]5(C)[C@H]4CC(=O)[C@]3(C)[C@H]1[C@@H]2C. The van der Waals surface area contributed by atoms with E-state index in [1.54, 1.807) is 0 Å². The molecule has 0 aromatic heterocycles. The van der Waals surface area contributed by atoms with Gasteiger partial charge in [-0.3, -0.25) is 4.79 Å². The van der Waals surface area contributed by atoms with Crippen molar-refractivity contribution < 1.29 is 19.4 Å². The Morgan fingerprint density at radius 2 is 1.81 bits per heavy atom. The lowest BCUT2D eigenvalue weighted by atomic mass is 9.44. The maximum absolute atomic E-state index is 14.0. The first-order valence-corrected chi connectivity index (χ1v) is 13.2. The van der Waals surface area contributed by atoms with E-state index < -0.39 is 5.79 Å². The number of fused-ring (bicyclic) bond motifs is 7. The van der Waals surface area contributed by atoms with E-state index in [1.165, 1.54) is 12.8 Å². The van der Waals surface area contributed by atoms with Crippen LogP contribution in [0.4, 0.5) is 0 Å². The zero-order valence-corrected chi connectivity index (χ0v) is 19.9. The number of Topliss-reactive ketones (excluding diaryl/α,β-unsaturated/α-hetero) is 1. The van der Waals surface area contributed by atoms with Crippen LogP contribution in [0.1, 0.15) is 85.5 Å². The number of hydrogen-bond acceptors (Lipinski definition) is 4. The van der Waals surface area contributed by atoms with Gasteiger partial charge < -0.3 is 14.6 Å². The van der Waals surface area contributed by atoms with E-state index in [1.807, 2.05) is 0 Å². The summed E-state index contributed by atoms with van der Waals surface area (Å²) in [4.78, 5) is 14.0. The summed E-state index contributed by atoms with van der Waals surface area (Å²) >= 11 is 0. The average Bonchev–Trinajstić information content (AvgIpc) is 3.18. The molecule has 2 heterocycles. The van der Waals surface area contributed by atoms with Crippen molar-refractivity contribution in [3.8, 4) is 0 Å². The van der Waals surface area contributed by atoms with Gasteiger partial charge in [0, 0.05) is 30.1 Å². The van der Waals surface area contributed by atoms with E-state index in [0.717, 1.165) is 51.6 Å². The second kappa shape index (κ2) is 6.79. The minimum absolute atomic E-state index is 0.131. The van der Waals surface area contributed by atoms with Crippen molar-refractivity contribution in [1.82, 2.24) is 0 Å². The Hall–Kier alpha value is -0.450. The summed E-state index contributed by atoms with van der Waals surface area (Å²) in [7, 11) is 0. The van der Waals surface area contributed by atoms with Gasteiger partial charge in [0.25, 0.3) is 0 Å². The van der Waals surface area contributed by atoms with Crippen LogP contribution in [0.2, 0.25) is 0 Å². The van der Waals surface area contributed by atoms with Crippen LogP contribution in [0.15, 0.2) is 0 Å². The second-order valence-corrected chi connectivity index (χ2v) is 13.0. The molecule has 31 heavy (non-hydrogen) atoms. The van der Waals surface area contributed by atoms with Crippen molar-refractivity contribution in [3.05, 3.63) is 0 Å². The summed E-state index contributed by atoms with van der Waals surface area (Å²) in [5, 5.41) is 10.3. The minimum atomic E-state index is -0.448. The van der Waals surface area contributed by atoms with E-state index in [9.17, 15) is 9.90 Å². The molecular formula is C27H42O4. The lowest BCUT2D eigenvalue weighted by Crippen LogP contribution is -2.58. The molecule has 6 rings (SSSR count).